The van der Waals surface area contributed by atoms with E-state index in [1.54, 1.807) is 0 Å². The minimum absolute atomic E-state index is 0.296. The van der Waals surface area contributed by atoms with Gasteiger partial charge in [-0.15, -0.1) is 0 Å². The van der Waals surface area contributed by atoms with Crippen LogP contribution >= 0.6 is 0 Å². The van der Waals surface area contributed by atoms with Crippen molar-refractivity contribution in [3.05, 3.63) is 0 Å². The summed E-state index contributed by atoms with van der Waals surface area (Å²) in [5.41, 5.74) is 7.16. The highest BCUT2D eigenvalue weighted by Gasteiger charge is 2.54. The van der Waals surface area contributed by atoms with Crippen LogP contribution in [0, 0.1) is 17.3 Å². The highest BCUT2D eigenvalue weighted by molar-refractivity contribution is 5.09. The van der Waals surface area contributed by atoms with Gasteiger partial charge in [0.15, 0.2) is 0 Å². The molecule has 3 aliphatic rings. The first kappa shape index (κ1) is 14.8. The third-order valence-electron chi connectivity index (χ3n) is 6.73. The molecule has 2 saturated carbocycles. The van der Waals surface area contributed by atoms with Crippen LogP contribution in [0.5, 0.6) is 0 Å². The van der Waals surface area contributed by atoms with E-state index >= 15 is 0 Å². The fourth-order valence-corrected chi connectivity index (χ4v) is 6.05. The molecule has 0 spiro atoms. The van der Waals surface area contributed by atoms with Crippen LogP contribution in [-0.4, -0.2) is 29.6 Å². The van der Waals surface area contributed by atoms with Crippen molar-refractivity contribution in [3.8, 4) is 0 Å². The van der Waals surface area contributed by atoms with Gasteiger partial charge in [0.1, 0.15) is 0 Å². The number of nitrogens with zero attached hydrogens (tertiary/aromatic N) is 1. The summed E-state index contributed by atoms with van der Waals surface area (Å²) in [5.74, 6) is 1.72. The highest BCUT2D eigenvalue weighted by Crippen LogP contribution is 2.53. The monoisotopic (exact) mass is 278 g/mol. The van der Waals surface area contributed by atoms with Crippen LogP contribution in [0.2, 0.25) is 0 Å². The second-order valence-corrected chi connectivity index (χ2v) is 8.70. The summed E-state index contributed by atoms with van der Waals surface area (Å²) in [4.78, 5) is 2.92. The molecule has 2 nitrogen and oxygen atoms in total. The Balaban J connectivity index is 1.88. The van der Waals surface area contributed by atoms with Gasteiger partial charge in [-0.25, -0.2) is 0 Å². The fraction of sp³-hybridized carbons (Fsp3) is 1.00. The fourth-order valence-electron chi connectivity index (χ4n) is 6.05. The van der Waals surface area contributed by atoms with Crippen LogP contribution in [0.1, 0.15) is 72.1 Å². The number of piperidine rings is 1. The van der Waals surface area contributed by atoms with E-state index in [2.05, 4.69) is 25.7 Å². The number of hydrogen-bond acceptors (Lipinski definition) is 2. The van der Waals surface area contributed by atoms with Gasteiger partial charge >= 0.3 is 0 Å². The van der Waals surface area contributed by atoms with Crippen LogP contribution in [0.25, 0.3) is 0 Å². The second kappa shape index (κ2) is 5.28. The largest absolute Gasteiger partial charge is 0.329 e. The molecule has 0 aromatic rings. The maximum Gasteiger partial charge on any atom is 0.0365 e. The zero-order valence-electron chi connectivity index (χ0n) is 13.8. The highest BCUT2D eigenvalue weighted by atomic mass is 15.3. The Labute approximate surface area is 125 Å². The number of fused-ring (bicyclic) bond motifs is 1. The predicted molar refractivity (Wildman–Crippen MR) is 85.7 cm³/mol. The molecule has 3 rings (SSSR count). The molecule has 3 fully saturated rings. The average Bonchev–Trinajstić information content (AvgIpc) is 2.68. The van der Waals surface area contributed by atoms with Crippen LogP contribution in [0.4, 0.5) is 0 Å². The summed E-state index contributed by atoms with van der Waals surface area (Å²) >= 11 is 0. The van der Waals surface area contributed by atoms with Crippen LogP contribution in [-0.2, 0) is 0 Å². The van der Waals surface area contributed by atoms with Crippen LogP contribution < -0.4 is 5.73 Å². The summed E-state index contributed by atoms with van der Waals surface area (Å²) in [5, 5.41) is 0. The second-order valence-electron chi connectivity index (χ2n) is 8.70. The van der Waals surface area contributed by atoms with E-state index in [1.807, 2.05) is 0 Å². The quantitative estimate of drug-likeness (QED) is 0.832. The number of nitrogens with two attached hydrogens (primary N) is 1. The van der Waals surface area contributed by atoms with Gasteiger partial charge in [-0.2, -0.15) is 0 Å². The molecular formula is C18H34N2. The van der Waals surface area contributed by atoms with Gasteiger partial charge in [-0.1, -0.05) is 33.6 Å². The zero-order valence-corrected chi connectivity index (χ0v) is 13.8. The Kier molecular flexibility index (Phi) is 3.92. The topological polar surface area (TPSA) is 29.3 Å². The molecule has 1 aliphatic heterocycles. The number of rotatable bonds is 2. The van der Waals surface area contributed by atoms with Crippen molar-refractivity contribution >= 4 is 0 Å². The lowest BCUT2D eigenvalue weighted by atomic mass is 9.73. The summed E-state index contributed by atoms with van der Waals surface area (Å²) in [6, 6.07) is 0.845. The number of hydrogen-bond donors (Lipinski definition) is 1. The Morgan fingerprint density at radius 2 is 1.80 bits per heavy atom. The van der Waals surface area contributed by atoms with Crippen molar-refractivity contribution in [2.24, 2.45) is 23.0 Å². The molecule has 20 heavy (non-hydrogen) atoms. The smallest absolute Gasteiger partial charge is 0.0365 e. The van der Waals surface area contributed by atoms with E-state index in [4.69, 9.17) is 5.73 Å². The zero-order chi connectivity index (χ0) is 14.4. The minimum atomic E-state index is 0.296. The lowest BCUT2D eigenvalue weighted by Crippen LogP contribution is -2.63. The lowest BCUT2D eigenvalue weighted by molar-refractivity contribution is -0.0435. The molecular weight excluding hydrogens is 244 g/mol. The first-order valence-electron chi connectivity index (χ1n) is 8.95. The van der Waals surface area contributed by atoms with E-state index in [0.717, 1.165) is 24.4 Å². The van der Waals surface area contributed by atoms with E-state index in [9.17, 15) is 0 Å². The Morgan fingerprint density at radius 3 is 2.45 bits per heavy atom. The summed E-state index contributed by atoms with van der Waals surface area (Å²) < 4.78 is 0. The van der Waals surface area contributed by atoms with Gasteiger partial charge in [0.25, 0.3) is 0 Å². The SMILES string of the molecule is CC1CC(C)(C)CC1(CN)N1CCCC2CCCCC21. The van der Waals surface area contributed by atoms with E-state index in [1.165, 1.54) is 57.9 Å². The van der Waals surface area contributed by atoms with Crippen LogP contribution in [0.15, 0.2) is 0 Å². The third kappa shape index (κ3) is 2.33. The molecule has 2 N–H and O–H groups in total. The average molecular weight is 278 g/mol. The molecule has 0 radical (unpaired) electrons. The van der Waals surface area contributed by atoms with E-state index in [0.29, 0.717) is 11.0 Å². The predicted octanol–water partition coefficient (Wildman–Crippen LogP) is 3.79. The van der Waals surface area contributed by atoms with E-state index < -0.39 is 0 Å². The molecule has 4 unspecified atom stereocenters. The van der Waals surface area contributed by atoms with Gasteiger partial charge < -0.3 is 5.73 Å². The van der Waals surface area contributed by atoms with Crippen molar-refractivity contribution in [1.82, 2.24) is 4.90 Å². The molecule has 0 aromatic carbocycles. The molecule has 2 heteroatoms. The molecule has 2 aliphatic carbocycles. The molecule has 0 bridgehead atoms. The van der Waals surface area contributed by atoms with Crippen molar-refractivity contribution in [2.45, 2.75) is 83.7 Å². The number of likely N-dealkylation sites (tertiary alicyclic amines) is 1. The van der Waals surface area contributed by atoms with Gasteiger partial charge in [0.2, 0.25) is 0 Å². The molecule has 0 amide bonds. The standard InChI is InChI=1S/C18H34N2/c1-14-11-17(2,3)12-18(14,13-19)20-10-6-8-15-7-4-5-9-16(15)20/h14-16H,4-13,19H2,1-3H3. The van der Waals surface area contributed by atoms with E-state index in [-0.39, 0.29) is 0 Å². The molecule has 1 heterocycles. The van der Waals surface area contributed by atoms with Crippen molar-refractivity contribution in [3.63, 3.8) is 0 Å². The first-order chi connectivity index (χ1) is 9.48. The van der Waals surface area contributed by atoms with Gasteiger partial charge in [0, 0.05) is 18.1 Å². The van der Waals surface area contributed by atoms with Crippen molar-refractivity contribution in [2.75, 3.05) is 13.1 Å². The maximum atomic E-state index is 6.39. The van der Waals surface area contributed by atoms with Crippen LogP contribution in [0.3, 0.4) is 0 Å². The van der Waals surface area contributed by atoms with Gasteiger partial charge in [-0.3, -0.25) is 4.90 Å². The summed E-state index contributed by atoms with van der Waals surface area (Å²) in [6.07, 6.45) is 11.3. The van der Waals surface area contributed by atoms with Crippen molar-refractivity contribution in [1.29, 1.82) is 0 Å². The maximum absolute atomic E-state index is 6.39. The minimum Gasteiger partial charge on any atom is -0.329 e. The third-order valence-corrected chi connectivity index (χ3v) is 6.73. The molecule has 0 aromatic heterocycles. The lowest BCUT2D eigenvalue weighted by Gasteiger charge is -2.54. The first-order valence-corrected chi connectivity index (χ1v) is 8.95. The molecule has 1 saturated heterocycles. The summed E-state index contributed by atoms with van der Waals surface area (Å²) in [6.45, 7) is 9.53. The molecule has 4 atom stereocenters. The molecule has 116 valence electrons. The Hall–Kier alpha value is -0.0800. The van der Waals surface area contributed by atoms with Gasteiger partial charge in [0.05, 0.1) is 0 Å². The normalized spacial score (nSPS) is 45.3. The Morgan fingerprint density at radius 1 is 1.10 bits per heavy atom. The Bertz CT molecular complexity index is 349. The van der Waals surface area contributed by atoms with Gasteiger partial charge in [-0.05, 0) is 62.3 Å². The van der Waals surface area contributed by atoms with Crippen molar-refractivity contribution < 1.29 is 0 Å². The summed E-state index contributed by atoms with van der Waals surface area (Å²) in [7, 11) is 0.